The summed E-state index contributed by atoms with van der Waals surface area (Å²) in [5.74, 6) is 0.0796. The van der Waals surface area contributed by atoms with E-state index >= 15 is 0 Å². The van der Waals surface area contributed by atoms with E-state index in [9.17, 15) is 4.79 Å². The van der Waals surface area contributed by atoms with Crippen LogP contribution < -0.4 is 5.73 Å². The van der Waals surface area contributed by atoms with Crippen molar-refractivity contribution in [3.05, 3.63) is 33.8 Å². The highest BCUT2D eigenvalue weighted by Crippen LogP contribution is 2.31. The number of benzene rings is 1. The van der Waals surface area contributed by atoms with Gasteiger partial charge in [0.15, 0.2) is 0 Å². The Bertz CT molecular complexity index is 450. The molecule has 92 valence electrons. The van der Waals surface area contributed by atoms with Gasteiger partial charge in [0.05, 0.1) is 6.04 Å². The molecular formula is C12H14Cl2N2O. The number of nitrogens with zero attached hydrogens (tertiary/aromatic N) is 1. The van der Waals surface area contributed by atoms with Gasteiger partial charge in [-0.25, -0.2) is 0 Å². The van der Waals surface area contributed by atoms with Gasteiger partial charge in [-0.1, -0.05) is 29.3 Å². The monoisotopic (exact) mass is 272 g/mol. The fraction of sp³-hybridized carbons (Fsp3) is 0.417. The predicted octanol–water partition coefficient (Wildman–Crippen LogP) is 2.61. The fourth-order valence-electron chi connectivity index (χ4n) is 2.14. The van der Waals surface area contributed by atoms with Crippen molar-refractivity contribution in [3.8, 4) is 0 Å². The predicted molar refractivity (Wildman–Crippen MR) is 69.2 cm³/mol. The molecule has 2 unspecified atom stereocenters. The van der Waals surface area contributed by atoms with Crippen molar-refractivity contribution in [2.24, 2.45) is 5.73 Å². The summed E-state index contributed by atoms with van der Waals surface area (Å²) in [5, 5.41) is 1.17. The SMILES string of the molecule is CC(c1ccc(Cl)cc1Cl)N1CC(N)CC1=O. The van der Waals surface area contributed by atoms with E-state index in [0.717, 1.165) is 5.56 Å². The molecule has 5 heteroatoms. The van der Waals surface area contributed by atoms with E-state index in [-0.39, 0.29) is 18.0 Å². The number of likely N-dealkylation sites (tertiary alicyclic amines) is 1. The first kappa shape index (κ1) is 12.7. The summed E-state index contributed by atoms with van der Waals surface area (Å²) in [7, 11) is 0. The summed E-state index contributed by atoms with van der Waals surface area (Å²) in [5.41, 5.74) is 6.68. The molecule has 2 N–H and O–H groups in total. The Morgan fingerprint density at radius 2 is 2.18 bits per heavy atom. The van der Waals surface area contributed by atoms with Crippen molar-refractivity contribution in [2.75, 3.05) is 6.54 Å². The average molecular weight is 273 g/mol. The minimum absolute atomic E-state index is 0.0687. The molecule has 2 rings (SSSR count). The van der Waals surface area contributed by atoms with E-state index < -0.39 is 0 Å². The maximum Gasteiger partial charge on any atom is 0.224 e. The Morgan fingerprint density at radius 3 is 2.71 bits per heavy atom. The summed E-state index contributed by atoms with van der Waals surface area (Å²) in [4.78, 5) is 13.5. The van der Waals surface area contributed by atoms with Gasteiger partial charge >= 0.3 is 0 Å². The van der Waals surface area contributed by atoms with Gasteiger partial charge in [-0.2, -0.15) is 0 Å². The average Bonchev–Trinajstić information content (AvgIpc) is 2.57. The third-order valence-electron chi connectivity index (χ3n) is 3.07. The first-order chi connectivity index (χ1) is 7.99. The number of halogens is 2. The quantitative estimate of drug-likeness (QED) is 0.900. The van der Waals surface area contributed by atoms with Crippen LogP contribution in [0.25, 0.3) is 0 Å². The van der Waals surface area contributed by atoms with Gasteiger partial charge in [-0.3, -0.25) is 4.79 Å². The first-order valence-electron chi connectivity index (χ1n) is 5.49. The van der Waals surface area contributed by atoms with E-state index in [0.29, 0.717) is 23.0 Å². The maximum atomic E-state index is 11.8. The number of hydrogen-bond acceptors (Lipinski definition) is 2. The minimum atomic E-state index is -0.0731. The van der Waals surface area contributed by atoms with Crippen LogP contribution in [0.15, 0.2) is 18.2 Å². The molecule has 0 spiro atoms. The lowest BCUT2D eigenvalue weighted by Crippen LogP contribution is -2.31. The molecule has 1 fully saturated rings. The highest BCUT2D eigenvalue weighted by Gasteiger charge is 2.31. The van der Waals surface area contributed by atoms with Crippen LogP contribution in [0, 0.1) is 0 Å². The van der Waals surface area contributed by atoms with Crippen molar-refractivity contribution < 1.29 is 4.79 Å². The summed E-state index contributed by atoms with van der Waals surface area (Å²) < 4.78 is 0. The highest BCUT2D eigenvalue weighted by atomic mass is 35.5. The number of hydrogen-bond donors (Lipinski definition) is 1. The zero-order chi connectivity index (χ0) is 12.6. The molecule has 1 aromatic carbocycles. The van der Waals surface area contributed by atoms with E-state index in [1.807, 2.05) is 13.0 Å². The molecule has 1 aliphatic heterocycles. The number of carbonyl (C=O) groups is 1. The smallest absolute Gasteiger partial charge is 0.224 e. The third-order valence-corrected chi connectivity index (χ3v) is 3.63. The van der Waals surface area contributed by atoms with Gasteiger partial charge in [0.2, 0.25) is 5.91 Å². The topological polar surface area (TPSA) is 46.3 Å². The molecule has 2 atom stereocenters. The molecule has 0 radical (unpaired) electrons. The molecule has 0 bridgehead atoms. The van der Waals surface area contributed by atoms with Gasteiger partial charge in [0, 0.05) is 29.1 Å². The van der Waals surface area contributed by atoms with Crippen LogP contribution in [0.1, 0.15) is 24.9 Å². The molecule has 3 nitrogen and oxygen atoms in total. The highest BCUT2D eigenvalue weighted by molar-refractivity contribution is 6.35. The zero-order valence-electron chi connectivity index (χ0n) is 9.49. The van der Waals surface area contributed by atoms with Crippen LogP contribution >= 0.6 is 23.2 Å². The van der Waals surface area contributed by atoms with Gasteiger partial charge in [0.25, 0.3) is 0 Å². The van der Waals surface area contributed by atoms with E-state index in [1.165, 1.54) is 0 Å². The van der Waals surface area contributed by atoms with Crippen LogP contribution in [0.2, 0.25) is 10.0 Å². The van der Waals surface area contributed by atoms with Crippen molar-refractivity contribution in [3.63, 3.8) is 0 Å². The van der Waals surface area contributed by atoms with E-state index in [2.05, 4.69) is 0 Å². The molecule has 1 aliphatic rings. The second kappa shape index (κ2) is 4.84. The Morgan fingerprint density at radius 1 is 1.47 bits per heavy atom. The molecule has 17 heavy (non-hydrogen) atoms. The van der Waals surface area contributed by atoms with Crippen LogP contribution in [0.5, 0.6) is 0 Å². The number of amides is 1. The minimum Gasteiger partial charge on any atom is -0.334 e. The summed E-state index contributed by atoms with van der Waals surface area (Å²) >= 11 is 12.0. The number of rotatable bonds is 2. The molecule has 1 heterocycles. The van der Waals surface area contributed by atoms with Crippen LogP contribution in [0.4, 0.5) is 0 Å². The van der Waals surface area contributed by atoms with E-state index in [4.69, 9.17) is 28.9 Å². The van der Waals surface area contributed by atoms with E-state index in [1.54, 1.807) is 17.0 Å². The Labute approximate surface area is 110 Å². The largest absolute Gasteiger partial charge is 0.334 e. The summed E-state index contributed by atoms with van der Waals surface area (Å²) in [6.45, 7) is 2.53. The van der Waals surface area contributed by atoms with Crippen LogP contribution in [-0.4, -0.2) is 23.4 Å². The lowest BCUT2D eigenvalue weighted by atomic mass is 10.1. The number of nitrogens with two attached hydrogens (primary N) is 1. The van der Waals surface area contributed by atoms with Gasteiger partial charge < -0.3 is 10.6 Å². The lowest BCUT2D eigenvalue weighted by Gasteiger charge is -2.25. The summed E-state index contributed by atoms with van der Waals surface area (Å²) in [6.07, 6.45) is 0.412. The van der Waals surface area contributed by atoms with Crippen molar-refractivity contribution in [1.29, 1.82) is 0 Å². The Kier molecular flexibility index (Phi) is 3.61. The zero-order valence-corrected chi connectivity index (χ0v) is 11.0. The fourth-order valence-corrected chi connectivity index (χ4v) is 2.71. The van der Waals surface area contributed by atoms with Crippen LogP contribution in [0.3, 0.4) is 0 Å². The van der Waals surface area contributed by atoms with Crippen LogP contribution in [-0.2, 0) is 4.79 Å². The molecule has 1 saturated heterocycles. The van der Waals surface area contributed by atoms with Gasteiger partial charge in [-0.15, -0.1) is 0 Å². The maximum absolute atomic E-state index is 11.8. The Balaban J connectivity index is 2.25. The normalized spacial score (nSPS) is 22.0. The third kappa shape index (κ3) is 2.57. The molecule has 1 aromatic rings. The molecule has 0 saturated carbocycles. The van der Waals surface area contributed by atoms with Crippen molar-refractivity contribution >= 4 is 29.1 Å². The molecule has 1 amide bonds. The van der Waals surface area contributed by atoms with Crippen molar-refractivity contribution in [2.45, 2.75) is 25.4 Å². The van der Waals surface area contributed by atoms with Crippen molar-refractivity contribution in [1.82, 2.24) is 4.90 Å². The number of carbonyl (C=O) groups excluding carboxylic acids is 1. The molecular weight excluding hydrogens is 259 g/mol. The van der Waals surface area contributed by atoms with Gasteiger partial charge in [-0.05, 0) is 24.6 Å². The summed E-state index contributed by atoms with van der Waals surface area (Å²) in [6, 6.07) is 5.18. The molecule has 0 aromatic heterocycles. The second-order valence-electron chi connectivity index (χ2n) is 4.35. The molecule has 0 aliphatic carbocycles. The lowest BCUT2D eigenvalue weighted by molar-refractivity contribution is -0.129. The first-order valence-corrected chi connectivity index (χ1v) is 6.24. The Hall–Kier alpha value is -0.770. The van der Waals surface area contributed by atoms with Gasteiger partial charge in [0.1, 0.15) is 0 Å². The second-order valence-corrected chi connectivity index (χ2v) is 5.20. The standard InChI is InChI=1S/C12H14Cl2N2O/c1-7(16-6-9(15)5-12(16)17)10-3-2-8(13)4-11(10)14/h2-4,7,9H,5-6,15H2,1H3.